The molecule has 3 nitrogen and oxygen atoms in total. The molecule has 2 rings (SSSR count). The number of hydrogen-bond acceptors (Lipinski definition) is 3. The molecule has 1 unspecified atom stereocenters. The molecule has 0 aliphatic carbocycles. The van der Waals surface area contributed by atoms with Crippen molar-refractivity contribution in [2.24, 2.45) is 0 Å². The Morgan fingerprint density at radius 2 is 2.41 bits per heavy atom. The lowest BCUT2D eigenvalue weighted by Crippen LogP contribution is -2.37. The molecular weight excluding hydrogens is 210 g/mol. The quantitative estimate of drug-likeness (QED) is 0.842. The molecule has 94 valence electrons. The smallest absolute Gasteiger partial charge is 0.0315 e. The molecule has 1 aliphatic heterocycles. The first-order valence-electron chi connectivity index (χ1n) is 6.65. The zero-order valence-corrected chi connectivity index (χ0v) is 10.9. The maximum absolute atomic E-state index is 4.24. The fraction of sp³-hybridized carbons (Fsp3) is 0.643. The first-order chi connectivity index (χ1) is 8.31. The summed E-state index contributed by atoms with van der Waals surface area (Å²) in [5.74, 6) is 0. The van der Waals surface area contributed by atoms with E-state index in [2.05, 4.69) is 35.1 Å². The highest BCUT2D eigenvalue weighted by Gasteiger charge is 2.21. The van der Waals surface area contributed by atoms with Crippen LogP contribution in [0.3, 0.4) is 0 Å². The largest absolute Gasteiger partial charge is 0.315 e. The van der Waals surface area contributed by atoms with Gasteiger partial charge in [0.05, 0.1) is 0 Å². The van der Waals surface area contributed by atoms with Crippen LogP contribution in [0.5, 0.6) is 0 Å². The molecule has 1 aliphatic rings. The minimum absolute atomic E-state index is 0.703. The number of pyridine rings is 1. The zero-order chi connectivity index (χ0) is 12.1. The Kier molecular flexibility index (Phi) is 4.51. The SMILES string of the molecule is CCCN(Cc1cnccc1C)C1CCNC1. The van der Waals surface area contributed by atoms with Gasteiger partial charge in [-0.2, -0.15) is 0 Å². The van der Waals surface area contributed by atoms with Gasteiger partial charge in [0.2, 0.25) is 0 Å². The third-order valence-corrected chi connectivity index (χ3v) is 3.58. The molecule has 2 heterocycles. The molecule has 0 spiro atoms. The van der Waals surface area contributed by atoms with E-state index in [9.17, 15) is 0 Å². The van der Waals surface area contributed by atoms with Crippen molar-refractivity contribution in [3.05, 3.63) is 29.6 Å². The van der Waals surface area contributed by atoms with E-state index >= 15 is 0 Å². The van der Waals surface area contributed by atoms with Gasteiger partial charge in [-0.05, 0) is 50.0 Å². The van der Waals surface area contributed by atoms with Gasteiger partial charge < -0.3 is 5.32 Å². The molecule has 3 heteroatoms. The zero-order valence-electron chi connectivity index (χ0n) is 10.9. The van der Waals surface area contributed by atoms with Gasteiger partial charge in [-0.25, -0.2) is 0 Å². The van der Waals surface area contributed by atoms with E-state index < -0.39 is 0 Å². The van der Waals surface area contributed by atoms with Crippen LogP contribution in [0.15, 0.2) is 18.5 Å². The first-order valence-corrected chi connectivity index (χ1v) is 6.65. The highest BCUT2D eigenvalue weighted by molar-refractivity contribution is 5.21. The molecule has 1 atom stereocenters. The summed E-state index contributed by atoms with van der Waals surface area (Å²) in [6, 6.07) is 2.81. The van der Waals surface area contributed by atoms with E-state index in [-0.39, 0.29) is 0 Å². The Morgan fingerprint density at radius 3 is 3.06 bits per heavy atom. The third-order valence-electron chi connectivity index (χ3n) is 3.58. The molecule has 17 heavy (non-hydrogen) atoms. The van der Waals surface area contributed by atoms with Crippen LogP contribution in [-0.2, 0) is 6.54 Å². The summed E-state index contributed by atoms with van der Waals surface area (Å²) >= 11 is 0. The van der Waals surface area contributed by atoms with Crippen LogP contribution >= 0.6 is 0 Å². The highest BCUT2D eigenvalue weighted by atomic mass is 15.2. The number of hydrogen-bond donors (Lipinski definition) is 1. The standard InChI is InChI=1S/C14H23N3/c1-3-8-17(14-5-7-16-10-14)11-13-9-15-6-4-12(13)2/h4,6,9,14,16H,3,5,7-8,10-11H2,1-2H3. The van der Waals surface area contributed by atoms with Crippen LogP contribution in [-0.4, -0.2) is 35.6 Å². The van der Waals surface area contributed by atoms with E-state index in [1.54, 1.807) is 0 Å². The molecule has 1 fully saturated rings. The molecule has 1 saturated heterocycles. The summed E-state index contributed by atoms with van der Waals surface area (Å²) in [5, 5.41) is 3.45. The summed E-state index contributed by atoms with van der Waals surface area (Å²) in [7, 11) is 0. The van der Waals surface area contributed by atoms with Gasteiger partial charge in [0, 0.05) is 31.5 Å². The van der Waals surface area contributed by atoms with Crippen LogP contribution in [0.25, 0.3) is 0 Å². The predicted octanol–water partition coefficient (Wildman–Crippen LogP) is 1.96. The lowest BCUT2D eigenvalue weighted by molar-refractivity contribution is 0.199. The maximum atomic E-state index is 4.24. The Morgan fingerprint density at radius 1 is 1.53 bits per heavy atom. The van der Waals surface area contributed by atoms with E-state index in [4.69, 9.17) is 0 Å². The molecule has 1 aromatic heterocycles. The number of aryl methyl sites for hydroxylation is 1. The minimum atomic E-state index is 0.703. The van der Waals surface area contributed by atoms with Crippen LogP contribution < -0.4 is 5.32 Å². The fourth-order valence-electron chi connectivity index (χ4n) is 2.51. The number of aromatic nitrogens is 1. The minimum Gasteiger partial charge on any atom is -0.315 e. The first kappa shape index (κ1) is 12.5. The Hall–Kier alpha value is -0.930. The second-order valence-electron chi connectivity index (χ2n) is 4.92. The monoisotopic (exact) mass is 233 g/mol. The van der Waals surface area contributed by atoms with Crippen molar-refractivity contribution in [2.75, 3.05) is 19.6 Å². The molecular formula is C14H23N3. The molecule has 0 aromatic carbocycles. The summed E-state index contributed by atoms with van der Waals surface area (Å²) in [4.78, 5) is 6.84. The average Bonchev–Trinajstić information content (AvgIpc) is 2.85. The van der Waals surface area contributed by atoms with Crippen LogP contribution in [0.1, 0.15) is 30.9 Å². The van der Waals surface area contributed by atoms with Crippen molar-refractivity contribution in [3.8, 4) is 0 Å². The summed E-state index contributed by atoms with van der Waals surface area (Å²) in [6.45, 7) is 8.95. The van der Waals surface area contributed by atoms with Crippen LogP contribution in [0.2, 0.25) is 0 Å². The molecule has 0 radical (unpaired) electrons. The molecule has 1 aromatic rings. The van der Waals surface area contributed by atoms with Crippen molar-refractivity contribution < 1.29 is 0 Å². The molecule has 0 amide bonds. The normalized spacial score (nSPS) is 20.1. The van der Waals surface area contributed by atoms with Gasteiger partial charge >= 0.3 is 0 Å². The second kappa shape index (κ2) is 6.12. The van der Waals surface area contributed by atoms with Gasteiger partial charge in [0.25, 0.3) is 0 Å². The molecule has 0 saturated carbocycles. The average molecular weight is 233 g/mol. The van der Waals surface area contributed by atoms with Crippen LogP contribution in [0.4, 0.5) is 0 Å². The predicted molar refractivity (Wildman–Crippen MR) is 70.9 cm³/mol. The van der Waals surface area contributed by atoms with Gasteiger partial charge in [-0.1, -0.05) is 6.92 Å². The number of nitrogens with zero attached hydrogens (tertiary/aromatic N) is 2. The second-order valence-corrected chi connectivity index (χ2v) is 4.92. The van der Waals surface area contributed by atoms with Crippen molar-refractivity contribution in [2.45, 2.75) is 39.3 Å². The van der Waals surface area contributed by atoms with Crippen molar-refractivity contribution in [1.82, 2.24) is 15.2 Å². The van der Waals surface area contributed by atoms with E-state index in [0.717, 1.165) is 19.6 Å². The lowest BCUT2D eigenvalue weighted by atomic mass is 10.1. The van der Waals surface area contributed by atoms with E-state index in [0.29, 0.717) is 6.04 Å². The van der Waals surface area contributed by atoms with Gasteiger partial charge in [-0.3, -0.25) is 9.88 Å². The maximum Gasteiger partial charge on any atom is 0.0315 e. The summed E-state index contributed by atoms with van der Waals surface area (Å²) in [6.07, 6.45) is 6.38. The van der Waals surface area contributed by atoms with Crippen molar-refractivity contribution in [1.29, 1.82) is 0 Å². The summed E-state index contributed by atoms with van der Waals surface area (Å²) < 4.78 is 0. The van der Waals surface area contributed by atoms with Gasteiger partial charge in [0.15, 0.2) is 0 Å². The van der Waals surface area contributed by atoms with Gasteiger partial charge in [0.1, 0.15) is 0 Å². The van der Waals surface area contributed by atoms with Crippen molar-refractivity contribution >= 4 is 0 Å². The van der Waals surface area contributed by atoms with Crippen molar-refractivity contribution in [3.63, 3.8) is 0 Å². The van der Waals surface area contributed by atoms with E-state index in [1.807, 2.05) is 12.4 Å². The Bertz CT molecular complexity index is 345. The Balaban J connectivity index is 2.04. The molecule has 1 N–H and O–H groups in total. The number of nitrogens with one attached hydrogen (secondary N) is 1. The van der Waals surface area contributed by atoms with Crippen LogP contribution in [0, 0.1) is 6.92 Å². The lowest BCUT2D eigenvalue weighted by Gasteiger charge is -2.28. The summed E-state index contributed by atoms with van der Waals surface area (Å²) in [5.41, 5.74) is 2.72. The topological polar surface area (TPSA) is 28.2 Å². The highest BCUT2D eigenvalue weighted by Crippen LogP contribution is 2.15. The fourth-order valence-corrected chi connectivity index (χ4v) is 2.51. The number of rotatable bonds is 5. The Labute approximate surface area is 104 Å². The third kappa shape index (κ3) is 3.27. The van der Waals surface area contributed by atoms with Gasteiger partial charge in [-0.15, -0.1) is 0 Å². The molecule has 0 bridgehead atoms. The van der Waals surface area contributed by atoms with E-state index in [1.165, 1.54) is 30.5 Å².